The van der Waals surface area contributed by atoms with Gasteiger partial charge in [-0.05, 0) is 28.8 Å². The van der Waals surface area contributed by atoms with E-state index in [0.717, 1.165) is 11.1 Å². The second-order valence-electron chi connectivity index (χ2n) is 5.94. The van der Waals surface area contributed by atoms with Crippen LogP contribution in [0.5, 0.6) is 11.5 Å². The maximum Gasteiger partial charge on any atom is 0.161 e. The predicted octanol–water partition coefficient (Wildman–Crippen LogP) is 4.54. The van der Waals surface area contributed by atoms with Gasteiger partial charge in [-0.1, -0.05) is 66.7 Å². The maximum absolute atomic E-state index is 6.69. The van der Waals surface area contributed by atoms with Gasteiger partial charge < -0.3 is 15.2 Å². The predicted molar refractivity (Wildman–Crippen MR) is 101 cm³/mol. The van der Waals surface area contributed by atoms with E-state index in [0.29, 0.717) is 11.5 Å². The highest BCUT2D eigenvalue weighted by molar-refractivity contribution is 5.47. The first-order chi connectivity index (χ1) is 12.2. The van der Waals surface area contributed by atoms with Crippen molar-refractivity contribution in [2.45, 2.75) is 12.0 Å². The minimum atomic E-state index is -0.165. The highest BCUT2D eigenvalue weighted by atomic mass is 16.5. The molecule has 2 unspecified atom stereocenters. The van der Waals surface area contributed by atoms with Crippen LogP contribution in [-0.2, 0) is 0 Å². The lowest BCUT2D eigenvalue weighted by Crippen LogP contribution is -2.21. The standard InChI is InChI=1S/C22H23NO2/c1-24-19-14-13-18(15-20(19)25-2)21(16-9-5-3-6-10-16)22(23)17-11-7-4-8-12-17/h3-15,21-22H,23H2,1-2H3. The molecule has 0 fully saturated rings. The Balaban J connectivity index is 2.09. The first-order valence-corrected chi connectivity index (χ1v) is 8.32. The van der Waals surface area contributed by atoms with Gasteiger partial charge >= 0.3 is 0 Å². The van der Waals surface area contributed by atoms with Crippen LogP contribution in [0.3, 0.4) is 0 Å². The average molecular weight is 333 g/mol. The van der Waals surface area contributed by atoms with Crippen molar-refractivity contribution >= 4 is 0 Å². The smallest absolute Gasteiger partial charge is 0.161 e. The number of hydrogen-bond acceptors (Lipinski definition) is 3. The molecular weight excluding hydrogens is 310 g/mol. The van der Waals surface area contributed by atoms with Crippen LogP contribution in [0.15, 0.2) is 78.9 Å². The van der Waals surface area contributed by atoms with Gasteiger partial charge in [-0.25, -0.2) is 0 Å². The molecule has 3 nitrogen and oxygen atoms in total. The molecule has 0 heterocycles. The average Bonchev–Trinajstić information content (AvgIpc) is 2.69. The summed E-state index contributed by atoms with van der Waals surface area (Å²) in [5.74, 6) is 1.44. The lowest BCUT2D eigenvalue weighted by molar-refractivity contribution is 0.354. The van der Waals surface area contributed by atoms with Crippen LogP contribution >= 0.6 is 0 Å². The first-order valence-electron chi connectivity index (χ1n) is 8.32. The molecule has 25 heavy (non-hydrogen) atoms. The van der Waals surface area contributed by atoms with Crippen molar-refractivity contribution in [3.63, 3.8) is 0 Å². The van der Waals surface area contributed by atoms with Gasteiger partial charge in [-0.3, -0.25) is 0 Å². The molecule has 2 N–H and O–H groups in total. The third kappa shape index (κ3) is 3.67. The van der Waals surface area contributed by atoms with Crippen molar-refractivity contribution in [1.82, 2.24) is 0 Å². The van der Waals surface area contributed by atoms with E-state index in [2.05, 4.69) is 30.3 Å². The quantitative estimate of drug-likeness (QED) is 0.720. The van der Waals surface area contributed by atoms with Crippen LogP contribution in [0.2, 0.25) is 0 Å². The molecule has 3 heteroatoms. The van der Waals surface area contributed by atoms with Crippen LogP contribution in [-0.4, -0.2) is 14.2 Å². The summed E-state index contributed by atoms with van der Waals surface area (Å²) < 4.78 is 10.8. The summed E-state index contributed by atoms with van der Waals surface area (Å²) in [6, 6.07) is 26.4. The van der Waals surface area contributed by atoms with E-state index in [9.17, 15) is 0 Å². The molecule has 0 radical (unpaired) electrons. The molecule has 3 rings (SSSR count). The highest BCUT2D eigenvalue weighted by Crippen LogP contribution is 2.39. The third-order valence-corrected chi connectivity index (χ3v) is 4.47. The summed E-state index contributed by atoms with van der Waals surface area (Å²) >= 11 is 0. The van der Waals surface area contributed by atoms with Crippen molar-refractivity contribution in [3.05, 3.63) is 95.6 Å². The molecule has 2 atom stereocenters. The van der Waals surface area contributed by atoms with Gasteiger partial charge in [0.15, 0.2) is 11.5 Å². The number of rotatable bonds is 6. The summed E-state index contributed by atoms with van der Waals surface area (Å²) in [7, 11) is 3.29. The van der Waals surface area contributed by atoms with Crippen LogP contribution in [0.25, 0.3) is 0 Å². The van der Waals surface area contributed by atoms with Crippen molar-refractivity contribution in [1.29, 1.82) is 0 Å². The minimum absolute atomic E-state index is 0.0170. The minimum Gasteiger partial charge on any atom is -0.493 e. The highest BCUT2D eigenvalue weighted by Gasteiger charge is 2.24. The van der Waals surface area contributed by atoms with E-state index in [-0.39, 0.29) is 12.0 Å². The summed E-state index contributed by atoms with van der Waals surface area (Å²) in [6.07, 6.45) is 0. The molecule has 0 amide bonds. The zero-order chi connectivity index (χ0) is 17.6. The molecule has 0 saturated heterocycles. The monoisotopic (exact) mass is 333 g/mol. The molecule has 3 aromatic carbocycles. The number of hydrogen-bond donors (Lipinski definition) is 1. The topological polar surface area (TPSA) is 44.5 Å². The second kappa shape index (κ2) is 7.86. The third-order valence-electron chi connectivity index (χ3n) is 4.47. The summed E-state index contributed by atoms with van der Waals surface area (Å²) in [6.45, 7) is 0. The SMILES string of the molecule is COc1ccc(C(c2ccccc2)C(N)c2ccccc2)cc1OC. The molecule has 0 aliphatic heterocycles. The fraction of sp³-hybridized carbons (Fsp3) is 0.182. The Labute approximate surface area is 149 Å². The van der Waals surface area contributed by atoms with Crippen LogP contribution in [0.1, 0.15) is 28.7 Å². The fourth-order valence-corrected chi connectivity index (χ4v) is 3.18. The first kappa shape index (κ1) is 17.1. The van der Waals surface area contributed by atoms with Crippen molar-refractivity contribution in [3.8, 4) is 11.5 Å². The van der Waals surface area contributed by atoms with Crippen LogP contribution in [0.4, 0.5) is 0 Å². The van der Waals surface area contributed by atoms with Gasteiger partial charge in [0.1, 0.15) is 0 Å². The van der Waals surface area contributed by atoms with Gasteiger partial charge in [-0.15, -0.1) is 0 Å². The van der Waals surface area contributed by atoms with Crippen molar-refractivity contribution < 1.29 is 9.47 Å². The summed E-state index contributed by atoms with van der Waals surface area (Å²) in [5, 5.41) is 0. The molecule has 0 bridgehead atoms. The maximum atomic E-state index is 6.69. The van der Waals surface area contributed by atoms with Gasteiger partial charge in [-0.2, -0.15) is 0 Å². The van der Waals surface area contributed by atoms with Gasteiger partial charge in [0, 0.05) is 12.0 Å². The number of nitrogens with two attached hydrogens (primary N) is 1. The molecule has 0 aliphatic rings. The van der Waals surface area contributed by atoms with E-state index in [1.54, 1.807) is 14.2 Å². The molecule has 0 aromatic heterocycles. The zero-order valence-electron chi connectivity index (χ0n) is 14.6. The number of methoxy groups -OCH3 is 2. The Hall–Kier alpha value is -2.78. The molecule has 0 aliphatic carbocycles. The summed E-state index contributed by atoms with van der Waals surface area (Å²) in [4.78, 5) is 0. The number of ether oxygens (including phenoxy) is 2. The zero-order valence-corrected chi connectivity index (χ0v) is 14.6. The van der Waals surface area contributed by atoms with Crippen LogP contribution in [0, 0.1) is 0 Å². The summed E-state index contributed by atoms with van der Waals surface area (Å²) in [5.41, 5.74) is 10.1. The van der Waals surface area contributed by atoms with E-state index in [1.165, 1.54) is 5.56 Å². The number of benzene rings is 3. The Morgan fingerprint density at radius 3 is 1.76 bits per heavy atom. The fourth-order valence-electron chi connectivity index (χ4n) is 3.18. The second-order valence-corrected chi connectivity index (χ2v) is 5.94. The van der Waals surface area contributed by atoms with Crippen LogP contribution < -0.4 is 15.2 Å². The van der Waals surface area contributed by atoms with Gasteiger partial charge in [0.2, 0.25) is 0 Å². The van der Waals surface area contributed by atoms with E-state index < -0.39 is 0 Å². The Morgan fingerprint density at radius 2 is 1.20 bits per heavy atom. The molecule has 0 spiro atoms. The lowest BCUT2D eigenvalue weighted by atomic mass is 9.82. The van der Waals surface area contributed by atoms with Crippen molar-refractivity contribution in [2.75, 3.05) is 14.2 Å². The van der Waals surface area contributed by atoms with E-state index >= 15 is 0 Å². The van der Waals surface area contributed by atoms with Gasteiger partial charge in [0.25, 0.3) is 0 Å². The Morgan fingerprint density at radius 1 is 0.640 bits per heavy atom. The molecule has 128 valence electrons. The Bertz CT molecular complexity index is 803. The van der Waals surface area contributed by atoms with Crippen molar-refractivity contribution in [2.24, 2.45) is 5.73 Å². The molecular formula is C22H23NO2. The van der Waals surface area contributed by atoms with E-state index in [1.807, 2.05) is 48.5 Å². The lowest BCUT2D eigenvalue weighted by Gasteiger charge is -2.26. The van der Waals surface area contributed by atoms with E-state index in [4.69, 9.17) is 15.2 Å². The molecule has 3 aromatic rings. The Kier molecular flexibility index (Phi) is 5.36. The molecule has 0 saturated carbocycles. The normalized spacial score (nSPS) is 13.1. The van der Waals surface area contributed by atoms with Gasteiger partial charge in [0.05, 0.1) is 14.2 Å². The largest absolute Gasteiger partial charge is 0.493 e.